The molecule has 3 aromatic carbocycles. The Labute approximate surface area is 263 Å². The second kappa shape index (κ2) is 15.8. The molecule has 3 aromatic rings. The van der Waals surface area contributed by atoms with Gasteiger partial charge in [-0.25, -0.2) is 8.42 Å². The van der Waals surface area contributed by atoms with Gasteiger partial charge in [-0.05, 0) is 61.2 Å². The number of nitrogens with one attached hydrogen (secondary N) is 1. The molecule has 45 heavy (non-hydrogen) atoms. The van der Waals surface area contributed by atoms with E-state index in [1.165, 1.54) is 18.1 Å². The van der Waals surface area contributed by atoms with Crippen LogP contribution in [0.5, 0.6) is 5.75 Å². The Bertz CT molecular complexity index is 1530. The summed E-state index contributed by atoms with van der Waals surface area (Å²) in [4.78, 5) is 29.1. The second-order valence-corrected chi connectivity index (χ2v) is 12.8. The van der Waals surface area contributed by atoms with E-state index in [1.54, 1.807) is 18.2 Å². The van der Waals surface area contributed by atoms with Crippen LogP contribution in [0, 0.1) is 0 Å². The van der Waals surface area contributed by atoms with Crippen molar-refractivity contribution in [1.82, 2.24) is 10.2 Å². The summed E-state index contributed by atoms with van der Waals surface area (Å²) in [6, 6.07) is 19.4. The van der Waals surface area contributed by atoms with Crippen LogP contribution in [0.3, 0.4) is 0 Å². The summed E-state index contributed by atoms with van der Waals surface area (Å²) in [5, 5.41) is 2.99. The summed E-state index contributed by atoms with van der Waals surface area (Å²) in [6.07, 6.45) is -2.99. The number of sulfonamides is 1. The zero-order valence-corrected chi connectivity index (χ0v) is 26.7. The van der Waals surface area contributed by atoms with Gasteiger partial charge in [0.05, 0.1) is 24.6 Å². The lowest BCUT2D eigenvalue weighted by atomic mass is 10.0. The maximum atomic E-state index is 13.9. The number of methoxy groups -OCH3 is 1. The molecule has 244 valence electrons. The molecule has 0 saturated carbocycles. The number of hydrogen-bond donors (Lipinski definition) is 1. The number of hydrogen-bond acceptors (Lipinski definition) is 5. The van der Waals surface area contributed by atoms with E-state index in [0.29, 0.717) is 12.2 Å². The lowest BCUT2D eigenvalue weighted by Crippen LogP contribution is -2.52. The van der Waals surface area contributed by atoms with E-state index in [0.717, 1.165) is 39.9 Å². The van der Waals surface area contributed by atoms with Crippen molar-refractivity contribution in [3.63, 3.8) is 0 Å². The van der Waals surface area contributed by atoms with E-state index < -0.39 is 33.7 Å². The first-order valence-electron chi connectivity index (χ1n) is 14.6. The van der Waals surface area contributed by atoms with Gasteiger partial charge in [0.1, 0.15) is 11.8 Å². The number of amides is 2. The number of halogens is 3. The van der Waals surface area contributed by atoms with Crippen molar-refractivity contribution in [2.24, 2.45) is 0 Å². The summed E-state index contributed by atoms with van der Waals surface area (Å²) < 4.78 is 71.5. The first kappa shape index (κ1) is 35.4. The molecule has 12 heteroatoms. The molecular formula is C33H40F3N3O5S. The van der Waals surface area contributed by atoms with Crippen molar-refractivity contribution >= 4 is 27.5 Å². The third kappa shape index (κ3) is 10.5. The molecule has 0 spiro atoms. The minimum absolute atomic E-state index is 0.00178. The highest BCUT2D eigenvalue weighted by atomic mass is 32.2. The van der Waals surface area contributed by atoms with Gasteiger partial charge in [-0.1, -0.05) is 55.5 Å². The molecular weight excluding hydrogens is 607 g/mol. The predicted octanol–water partition coefficient (Wildman–Crippen LogP) is 5.82. The molecule has 2 amide bonds. The topological polar surface area (TPSA) is 96.0 Å². The molecule has 0 bridgehead atoms. The monoisotopic (exact) mass is 647 g/mol. The minimum Gasteiger partial charge on any atom is -0.497 e. The molecule has 8 nitrogen and oxygen atoms in total. The lowest BCUT2D eigenvalue weighted by molar-refractivity contribution is -0.141. The fraction of sp³-hybridized carbons (Fsp3) is 0.394. The first-order valence-corrected chi connectivity index (χ1v) is 16.5. The number of alkyl halides is 3. The maximum Gasteiger partial charge on any atom is 0.416 e. The number of carbonyl (C=O) groups excluding carboxylic acids is 2. The molecule has 0 radical (unpaired) electrons. The smallest absolute Gasteiger partial charge is 0.416 e. The summed E-state index contributed by atoms with van der Waals surface area (Å²) in [5.41, 5.74) is 0.435. The van der Waals surface area contributed by atoms with Crippen LogP contribution in [-0.2, 0) is 38.8 Å². The van der Waals surface area contributed by atoms with Crippen LogP contribution in [0.4, 0.5) is 18.9 Å². The Morgan fingerprint density at radius 2 is 1.62 bits per heavy atom. The fourth-order valence-corrected chi connectivity index (χ4v) is 5.76. The van der Waals surface area contributed by atoms with Crippen molar-refractivity contribution in [2.45, 2.75) is 64.3 Å². The van der Waals surface area contributed by atoms with E-state index in [-0.39, 0.29) is 50.0 Å². The van der Waals surface area contributed by atoms with Crippen LogP contribution in [0.15, 0.2) is 78.9 Å². The summed E-state index contributed by atoms with van der Waals surface area (Å²) >= 11 is 0. The fourth-order valence-electron chi connectivity index (χ4n) is 4.80. The van der Waals surface area contributed by atoms with Gasteiger partial charge in [0.25, 0.3) is 0 Å². The predicted molar refractivity (Wildman–Crippen MR) is 168 cm³/mol. The molecule has 0 aliphatic rings. The van der Waals surface area contributed by atoms with Crippen LogP contribution in [-0.4, -0.2) is 57.1 Å². The Hall–Kier alpha value is -4.06. The Morgan fingerprint density at radius 1 is 0.956 bits per heavy atom. The normalized spacial score (nSPS) is 13.0. The van der Waals surface area contributed by atoms with Gasteiger partial charge in [-0.3, -0.25) is 13.9 Å². The van der Waals surface area contributed by atoms with E-state index in [2.05, 4.69) is 5.32 Å². The van der Waals surface area contributed by atoms with E-state index in [4.69, 9.17) is 4.74 Å². The average Bonchev–Trinajstić information content (AvgIpc) is 3.00. The molecule has 0 saturated heterocycles. The molecule has 2 atom stereocenters. The number of carbonyl (C=O) groups is 2. The summed E-state index contributed by atoms with van der Waals surface area (Å²) in [6.45, 7) is 3.65. The highest BCUT2D eigenvalue weighted by Crippen LogP contribution is 2.32. The standard InChI is InChI=1S/C33H40F3N3O5S/c1-5-24(2)37-32(41)30(21-25-12-7-6-8-13-25)38(23-26-14-9-17-29(20-26)44-3)31(40)18-11-19-39(45(4,42)43)28-16-10-15-27(22-28)33(34,35)36/h6-10,12-17,20,22,24,30H,5,11,18-19,21,23H2,1-4H3,(H,37,41)/t24-,30+/m0/s1. The van der Waals surface area contributed by atoms with E-state index >= 15 is 0 Å². The van der Waals surface area contributed by atoms with E-state index in [1.807, 2.05) is 50.2 Å². The summed E-state index contributed by atoms with van der Waals surface area (Å²) in [7, 11) is -2.45. The average molecular weight is 648 g/mol. The van der Waals surface area contributed by atoms with Crippen molar-refractivity contribution in [3.8, 4) is 5.75 Å². The zero-order valence-electron chi connectivity index (χ0n) is 25.9. The van der Waals surface area contributed by atoms with Gasteiger partial charge in [-0.15, -0.1) is 0 Å². The van der Waals surface area contributed by atoms with Crippen molar-refractivity contribution in [3.05, 3.63) is 95.6 Å². The van der Waals surface area contributed by atoms with Gasteiger partial charge < -0.3 is 15.0 Å². The third-order valence-electron chi connectivity index (χ3n) is 7.37. The third-order valence-corrected chi connectivity index (χ3v) is 8.57. The van der Waals surface area contributed by atoms with E-state index in [9.17, 15) is 31.2 Å². The SMILES string of the molecule is CC[C@H](C)NC(=O)[C@@H](Cc1ccccc1)N(Cc1cccc(OC)c1)C(=O)CCCN(c1cccc(C(F)(F)F)c1)S(C)(=O)=O. The van der Waals surface area contributed by atoms with Crippen LogP contribution in [0.2, 0.25) is 0 Å². The Balaban J connectivity index is 1.92. The number of benzene rings is 3. The van der Waals surface area contributed by atoms with Crippen LogP contribution in [0.1, 0.15) is 49.8 Å². The number of anilines is 1. The molecule has 0 fully saturated rings. The minimum atomic E-state index is -4.65. The molecule has 0 aliphatic carbocycles. The molecule has 0 aromatic heterocycles. The van der Waals surface area contributed by atoms with Crippen molar-refractivity contribution in [2.75, 3.05) is 24.2 Å². The van der Waals surface area contributed by atoms with Gasteiger partial charge >= 0.3 is 6.18 Å². The molecule has 0 unspecified atom stereocenters. The summed E-state index contributed by atoms with van der Waals surface area (Å²) in [5.74, 6) is -0.157. The number of rotatable bonds is 15. The maximum absolute atomic E-state index is 13.9. The number of nitrogens with zero attached hydrogens (tertiary/aromatic N) is 2. The van der Waals surface area contributed by atoms with Crippen LogP contribution in [0.25, 0.3) is 0 Å². The van der Waals surface area contributed by atoms with Crippen LogP contribution < -0.4 is 14.4 Å². The van der Waals surface area contributed by atoms with Gasteiger partial charge in [0.2, 0.25) is 21.8 Å². The lowest BCUT2D eigenvalue weighted by Gasteiger charge is -2.33. The number of ether oxygens (including phenoxy) is 1. The molecule has 1 N–H and O–H groups in total. The van der Waals surface area contributed by atoms with Gasteiger partial charge in [-0.2, -0.15) is 13.2 Å². The highest BCUT2D eigenvalue weighted by Gasteiger charge is 2.33. The molecule has 0 heterocycles. The molecule has 3 rings (SSSR count). The Kier molecular flexibility index (Phi) is 12.4. The van der Waals surface area contributed by atoms with Crippen LogP contribution >= 0.6 is 0 Å². The quantitative estimate of drug-likeness (QED) is 0.225. The van der Waals surface area contributed by atoms with Gasteiger partial charge in [0, 0.05) is 32.0 Å². The van der Waals surface area contributed by atoms with Crippen molar-refractivity contribution < 1.29 is 35.9 Å². The molecule has 0 aliphatic heterocycles. The van der Waals surface area contributed by atoms with Gasteiger partial charge in [0.15, 0.2) is 0 Å². The Morgan fingerprint density at radius 3 is 2.24 bits per heavy atom. The van der Waals surface area contributed by atoms with Crippen molar-refractivity contribution in [1.29, 1.82) is 0 Å². The second-order valence-electron chi connectivity index (χ2n) is 10.9. The zero-order chi connectivity index (χ0) is 33.2. The highest BCUT2D eigenvalue weighted by molar-refractivity contribution is 7.92. The largest absolute Gasteiger partial charge is 0.497 e. The first-order chi connectivity index (χ1) is 21.2.